The Morgan fingerprint density at radius 2 is 1.55 bits per heavy atom. The van der Waals surface area contributed by atoms with Gasteiger partial charge in [-0.15, -0.1) is 11.8 Å². The molecule has 4 aromatic rings. The molecular formula is C44H44F4N6O8S3. The average molecular weight is 957 g/mol. The van der Waals surface area contributed by atoms with Crippen molar-refractivity contribution in [3.63, 3.8) is 0 Å². The number of nitrogens with zero attached hydrogens (tertiary/aromatic N) is 3. The van der Waals surface area contributed by atoms with Crippen molar-refractivity contribution in [1.82, 2.24) is 24.7 Å². The minimum Gasteiger partial charge on any atom is -0.380 e. The van der Waals surface area contributed by atoms with Gasteiger partial charge >= 0.3 is 5.51 Å². The third-order valence-corrected chi connectivity index (χ3v) is 16.2. The molecule has 2 bridgehead atoms. The highest BCUT2D eigenvalue weighted by Gasteiger charge is 2.49. The molecule has 0 radical (unpaired) electrons. The summed E-state index contributed by atoms with van der Waals surface area (Å²) < 4.78 is 113. The van der Waals surface area contributed by atoms with Crippen molar-refractivity contribution in [3.8, 4) is 0 Å². The van der Waals surface area contributed by atoms with Gasteiger partial charge in [0, 0.05) is 73.5 Å². The first-order chi connectivity index (χ1) is 30.9. The highest BCUT2D eigenvalue weighted by Crippen LogP contribution is 2.38. The number of amides is 4. The van der Waals surface area contributed by atoms with Crippen LogP contribution in [0.2, 0.25) is 0 Å². The van der Waals surface area contributed by atoms with Crippen molar-refractivity contribution in [2.24, 2.45) is 0 Å². The van der Waals surface area contributed by atoms with Crippen LogP contribution in [0.5, 0.6) is 0 Å². The summed E-state index contributed by atoms with van der Waals surface area (Å²) >= 11 is 1.41. The maximum atomic E-state index is 15.5. The van der Waals surface area contributed by atoms with Gasteiger partial charge < -0.3 is 10.2 Å². The van der Waals surface area contributed by atoms with E-state index in [-0.39, 0.29) is 42.6 Å². The number of sulfonamides is 1. The Balaban J connectivity index is 0.974. The van der Waals surface area contributed by atoms with E-state index >= 15 is 4.39 Å². The summed E-state index contributed by atoms with van der Waals surface area (Å²) in [7, 11) is -10.9. The second kappa shape index (κ2) is 18.5. The topological polar surface area (TPSA) is 182 Å². The maximum Gasteiger partial charge on any atom is 0.501 e. The molecular weight excluding hydrogens is 913 g/mol. The van der Waals surface area contributed by atoms with Crippen molar-refractivity contribution in [2.45, 2.75) is 89.6 Å². The molecule has 0 spiro atoms. The van der Waals surface area contributed by atoms with E-state index in [1.54, 1.807) is 16.9 Å². The first-order valence-electron chi connectivity index (χ1n) is 20.8. The van der Waals surface area contributed by atoms with Crippen LogP contribution in [0.4, 0.5) is 23.2 Å². The number of rotatable bonds is 15. The quantitative estimate of drug-likeness (QED) is 0.0795. The minimum absolute atomic E-state index is 0.0408. The molecule has 4 aliphatic rings. The zero-order valence-electron chi connectivity index (χ0n) is 34.6. The molecule has 3 N–H and O–H groups in total. The third-order valence-electron chi connectivity index (χ3n) is 12.2. The van der Waals surface area contributed by atoms with Crippen LogP contribution in [0.3, 0.4) is 0 Å². The zero-order chi connectivity index (χ0) is 46.3. The number of fused-ring (bicyclic) bond motifs is 3. The summed E-state index contributed by atoms with van der Waals surface area (Å²) in [6.45, 7) is 2.17. The van der Waals surface area contributed by atoms with E-state index in [1.807, 2.05) is 30.3 Å². The summed E-state index contributed by atoms with van der Waals surface area (Å²) in [6.07, 6.45) is 2.32. The maximum absolute atomic E-state index is 15.5. The first-order valence-corrected chi connectivity index (χ1v) is 24.8. The Kier molecular flexibility index (Phi) is 13.1. The minimum atomic E-state index is -6.11. The Labute approximate surface area is 377 Å². The lowest BCUT2D eigenvalue weighted by atomic mass is 10.0. The molecule has 4 atom stereocenters. The van der Waals surface area contributed by atoms with Gasteiger partial charge in [-0.1, -0.05) is 42.5 Å². The predicted molar refractivity (Wildman–Crippen MR) is 231 cm³/mol. The first kappa shape index (κ1) is 46.2. The third kappa shape index (κ3) is 9.93. The van der Waals surface area contributed by atoms with Gasteiger partial charge in [-0.2, -0.15) is 13.2 Å². The number of hydrogen-bond acceptors (Lipinski definition) is 12. The Morgan fingerprint density at radius 3 is 2.22 bits per heavy atom. The number of nitrogens with one attached hydrogen (secondary N) is 3. The Bertz CT molecular complexity index is 2720. The van der Waals surface area contributed by atoms with Crippen molar-refractivity contribution in [2.75, 3.05) is 30.7 Å². The molecule has 0 aliphatic carbocycles. The molecule has 21 heteroatoms. The van der Waals surface area contributed by atoms with E-state index in [0.29, 0.717) is 55.5 Å². The lowest BCUT2D eigenvalue weighted by Crippen LogP contribution is -2.54. The van der Waals surface area contributed by atoms with Crippen LogP contribution in [0, 0.1) is 5.82 Å². The monoisotopic (exact) mass is 956 g/mol. The normalized spacial score (nSPS) is 21.0. The number of likely N-dealkylation sites (tertiary alicyclic amines) is 1. The van der Waals surface area contributed by atoms with E-state index in [2.05, 4.69) is 20.4 Å². The molecule has 3 saturated heterocycles. The molecule has 4 aromatic carbocycles. The second-order valence-corrected chi connectivity index (χ2v) is 21.2. The van der Waals surface area contributed by atoms with Gasteiger partial charge in [-0.25, -0.2) is 25.9 Å². The Morgan fingerprint density at radius 1 is 0.877 bits per heavy atom. The molecule has 4 heterocycles. The standard InChI is InChI=1S/C44H44F4N6O8S3/c45-35-20-27(19-29-23-54(43(58)40(29)35)37-15-16-39(55)50-42(37)57)22-52-24-31-11-12-32(25-52)53(31)18-17-30(26-63-33-9-5-2-6-10-33)49-36-14-13-34(21-38(36)64(59,60)44(46,47)48)65(61,62)51-41(56)28-7-3-1-4-8-28/h1-10,13-14,19-21,30-32,37,49H,11-12,15-18,22-26H2,(H,51,56)(H,50,55,57)/t30-,31?,32?,37?/m1/s1. The molecule has 0 saturated carbocycles. The number of halogens is 4. The molecule has 344 valence electrons. The van der Waals surface area contributed by atoms with E-state index in [1.165, 1.54) is 47.0 Å². The molecule has 14 nitrogen and oxygen atoms in total. The van der Waals surface area contributed by atoms with Gasteiger partial charge in [0.2, 0.25) is 11.8 Å². The fraction of sp³-hybridized carbons (Fsp3) is 0.364. The number of hydrogen-bond donors (Lipinski definition) is 3. The summed E-state index contributed by atoms with van der Waals surface area (Å²) in [4.78, 5) is 54.7. The highest BCUT2D eigenvalue weighted by molar-refractivity contribution is 7.99. The van der Waals surface area contributed by atoms with Gasteiger partial charge in [-0.3, -0.25) is 34.3 Å². The smallest absolute Gasteiger partial charge is 0.380 e. The molecule has 3 unspecified atom stereocenters. The van der Waals surface area contributed by atoms with Gasteiger partial charge in [-0.05, 0) is 85.3 Å². The number of piperidine rings is 1. The summed E-state index contributed by atoms with van der Waals surface area (Å²) in [5, 5.41) is 5.26. The van der Waals surface area contributed by atoms with Gasteiger partial charge in [0.15, 0.2) is 0 Å². The van der Waals surface area contributed by atoms with E-state index in [4.69, 9.17) is 0 Å². The molecule has 8 rings (SSSR count). The average Bonchev–Trinajstić information content (AvgIpc) is 3.71. The summed E-state index contributed by atoms with van der Waals surface area (Å²) in [5.74, 6) is -3.03. The van der Waals surface area contributed by atoms with Crippen LogP contribution in [-0.4, -0.2) is 110 Å². The lowest BCUT2D eigenvalue weighted by molar-refractivity contribution is -0.136. The summed E-state index contributed by atoms with van der Waals surface area (Å²) in [6, 6.07) is 20.6. The van der Waals surface area contributed by atoms with Crippen molar-refractivity contribution in [3.05, 3.63) is 119 Å². The van der Waals surface area contributed by atoms with Crippen LogP contribution in [-0.2, 0) is 42.5 Å². The number of piperazine rings is 1. The number of carbonyl (C=O) groups excluding carboxylic acids is 4. The number of carbonyl (C=O) groups is 4. The molecule has 3 fully saturated rings. The molecule has 0 aromatic heterocycles. The zero-order valence-corrected chi connectivity index (χ0v) is 37.0. The van der Waals surface area contributed by atoms with Crippen LogP contribution in [0.1, 0.15) is 63.9 Å². The van der Waals surface area contributed by atoms with E-state index in [9.17, 15) is 49.2 Å². The molecule has 4 aliphatic heterocycles. The van der Waals surface area contributed by atoms with Gasteiger partial charge in [0.05, 0.1) is 16.1 Å². The van der Waals surface area contributed by atoms with Gasteiger partial charge in [0.1, 0.15) is 16.8 Å². The van der Waals surface area contributed by atoms with Crippen LogP contribution < -0.4 is 15.4 Å². The SMILES string of the molecule is O=C1CCC(N2Cc3cc(CN4CC5CCC(C4)N5CC[C@H](CSc4ccccc4)Nc4ccc(S(=O)(=O)NC(=O)c5ccccc5)cc4S(=O)(=O)C(F)(F)F)cc(F)c3C2=O)C(=O)N1. The van der Waals surface area contributed by atoms with Crippen LogP contribution in [0.15, 0.2) is 106 Å². The van der Waals surface area contributed by atoms with E-state index in [0.717, 1.165) is 29.9 Å². The summed E-state index contributed by atoms with van der Waals surface area (Å²) in [5.41, 5.74) is -5.22. The fourth-order valence-corrected chi connectivity index (χ4v) is 12.1. The largest absolute Gasteiger partial charge is 0.501 e. The van der Waals surface area contributed by atoms with E-state index < -0.39 is 82.4 Å². The van der Waals surface area contributed by atoms with Crippen molar-refractivity contribution >= 4 is 60.9 Å². The van der Waals surface area contributed by atoms with Crippen LogP contribution >= 0.6 is 11.8 Å². The fourth-order valence-electron chi connectivity index (χ4n) is 9.04. The van der Waals surface area contributed by atoms with Crippen LogP contribution in [0.25, 0.3) is 0 Å². The van der Waals surface area contributed by atoms with Gasteiger partial charge in [0.25, 0.3) is 31.7 Å². The number of benzene rings is 4. The molecule has 65 heavy (non-hydrogen) atoms. The predicted octanol–water partition coefficient (Wildman–Crippen LogP) is 5.31. The highest BCUT2D eigenvalue weighted by atomic mass is 32.2. The molecule has 4 amide bonds. The number of imide groups is 1. The second-order valence-electron chi connectivity index (χ2n) is 16.5. The number of sulfone groups is 1. The number of alkyl halides is 3. The van der Waals surface area contributed by atoms with Crippen molar-refractivity contribution < 1.29 is 53.6 Å². The lowest BCUT2D eigenvalue weighted by Gasteiger charge is -2.41. The number of anilines is 1. The number of thioether (sulfide) groups is 1. The van der Waals surface area contributed by atoms with Crippen molar-refractivity contribution in [1.29, 1.82) is 0 Å². The Hall–Kier alpha value is -5.35.